The van der Waals surface area contributed by atoms with E-state index in [1.807, 2.05) is 0 Å². The van der Waals surface area contributed by atoms with Crippen LogP contribution in [0, 0.1) is 0 Å². The molecule has 28 heavy (non-hydrogen) atoms. The Morgan fingerprint density at radius 1 is 1.18 bits per heavy atom. The van der Waals surface area contributed by atoms with Crippen LogP contribution in [0.1, 0.15) is 15.9 Å². The molecule has 0 saturated heterocycles. The quantitative estimate of drug-likeness (QED) is 0.786. The van der Waals surface area contributed by atoms with Crippen molar-refractivity contribution in [1.29, 1.82) is 0 Å². The summed E-state index contributed by atoms with van der Waals surface area (Å²) in [5.41, 5.74) is 1.32. The normalized spacial score (nSPS) is 13.3. The van der Waals surface area contributed by atoms with Crippen LogP contribution in [0.5, 0.6) is 0 Å². The number of anilines is 1. The van der Waals surface area contributed by atoms with E-state index in [9.17, 15) is 22.8 Å². The van der Waals surface area contributed by atoms with E-state index in [4.69, 9.17) is 0 Å². The van der Waals surface area contributed by atoms with E-state index in [0.717, 1.165) is 7.11 Å². The minimum absolute atomic E-state index is 0.0244. The fourth-order valence-electron chi connectivity index (χ4n) is 2.76. The summed E-state index contributed by atoms with van der Waals surface area (Å²) < 4.78 is 30.4. The van der Waals surface area contributed by atoms with Crippen molar-refractivity contribution in [3.8, 4) is 0 Å². The van der Waals surface area contributed by atoms with E-state index in [1.165, 1.54) is 23.1 Å². The van der Waals surface area contributed by atoms with Crippen LogP contribution in [0.4, 0.5) is 10.5 Å². The van der Waals surface area contributed by atoms with Gasteiger partial charge in [-0.05, 0) is 29.8 Å². The highest BCUT2D eigenvalue weighted by Gasteiger charge is 2.27. The molecule has 10 heteroatoms. The summed E-state index contributed by atoms with van der Waals surface area (Å²) in [4.78, 5) is 37.1. The van der Waals surface area contributed by atoms with Crippen molar-refractivity contribution < 1.29 is 27.5 Å². The van der Waals surface area contributed by atoms with Crippen LogP contribution in [0.15, 0.2) is 53.4 Å². The summed E-state index contributed by atoms with van der Waals surface area (Å²) in [6, 6.07) is 12.4. The smallest absolute Gasteiger partial charge is 0.420 e. The Hall–Kier alpha value is -3.40. The molecular weight excluding hydrogens is 386 g/mol. The third kappa shape index (κ3) is 3.96. The van der Waals surface area contributed by atoms with Crippen LogP contribution in [-0.2, 0) is 26.0 Å². The van der Waals surface area contributed by atoms with Crippen LogP contribution in [-0.4, -0.2) is 40.1 Å². The van der Waals surface area contributed by atoms with E-state index >= 15 is 0 Å². The number of nitrogens with zero attached hydrogens (tertiary/aromatic N) is 1. The van der Waals surface area contributed by atoms with Gasteiger partial charge < -0.3 is 10.1 Å². The summed E-state index contributed by atoms with van der Waals surface area (Å²) in [7, 11) is -3.07. The molecule has 0 aromatic heterocycles. The van der Waals surface area contributed by atoms with Gasteiger partial charge in [-0.3, -0.25) is 14.5 Å². The SMILES string of the molecule is COC(=O)NS(=O)(=O)c1cccc(CC(=O)N2CNC(=O)c3ccccc32)c1. The number of sulfonamides is 1. The molecular formula is C18H17N3O6S. The second-order valence-corrected chi connectivity index (χ2v) is 7.61. The largest absolute Gasteiger partial charge is 0.452 e. The Balaban J connectivity index is 1.82. The molecule has 3 rings (SSSR count). The van der Waals surface area contributed by atoms with E-state index in [-0.39, 0.29) is 29.8 Å². The number of nitrogens with one attached hydrogen (secondary N) is 2. The predicted octanol–water partition coefficient (Wildman–Crippen LogP) is 1.01. The molecule has 0 bridgehead atoms. The Morgan fingerprint density at radius 3 is 2.68 bits per heavy atom. The first kappa shape index (κ1) is 19.4. The van der Waals surface area contributed by atoms with Crippen molar-refractivity contribution in [3.63, 3.8) is 0 Å². The van der Waals surface area contributed by atoms with Crippen molar-refractivity contribution >= 4 is 33.6 Å². The van der Waals surface area contributed by atoms with Crippen molar-refractivity contribution in [2.45, 2.75) is 11.3 Å². The molecule has 2 aromatic rings. The van der Waals surface area contributed by atoms with E-state index in [2.05, 4.69) is 10.1 Å². The van der Waals surface area contributed by atoms with Crippen LogP contribution in [0.25, 0.3) is 0 Å². The molecule has 2 aromatic carbocycles. The molecule has 1 aliphatic heterocycles. The highest BCUT2D eigenvalue weighted by atomic mass is 32.2. The maximum atomic E-state index is 12.8. The number of methoxy groups -OCH3 is 1. The molecule has 0 radical (unpaired) electrons. The lowest BCUT2D eigenvalue weighted by Crippen LogP contribution is -2.47. The van der Waals surface area contributed by atoms with Gasteiger partial charge in [0.15, 0.2) is 0 Å². The van der Waals surface area contributed by atoms with Gasteiger partial charge in [0.2, 0.25) is 5.91 Å². The zero-order chi connectivity index (χ0) is 20.3. The topological polar surface area (TPSA) is 122 Å². The molecule has 3 amide bonds. The number of carbonyl (C=O) groups excluding carboxylic acids is 3. The molecule has 0 fully saturated rings. The number of carbonyl (C=O) groups is 3. The number of hydrogen-bond donors (Lipinski definition) is 2. The third-order valence-electron chi connectivity index (χ3n) is 4.11. The first-order valence-corrected chi connectivity index (χ1v) is 9.67. The molecule has 0 unspecified atom stereocenters. The first-order valence-electron chi connectivity index (χ1n) is 8.19. The van der Waals surface area contributed by atoms with E-state index in [0.29, 0.717) is 16.8 Å². The fraction of sp³-hybridized carbons (Fsp3) is 0.167. The minimum atomic E-state index is -4.12. The highest BCUT2D eigenvalue weighted by Crippen LogP contribution is 2.24. The average Bonchev–Trinajstić information content (AvgIpc) is 2.68. The number of fused-ring (bicyclic) bond motifs is 1. The van der Waals surface area contributed by atoms with Gasteiger partial charge in [-0.25, -0.2) is 17.9 Å². The molecule has 146 valence electrons. The second-order valence-electron chi connectivity index (χ2n) is 5.92. The van der Waals surface area contributed by atoms with Gasteiger partial charge in [0.05, 0.1) is 36.3 Å². The number of rotatable bonds is 4. The van der Waals surface area contributed by atoms with Crippen molar-refractivity contribution in [1.82, 2.24) is 10.0 Å². The van der Waals surface area contributed by atoms with Crippen LogP contribution >= 0.6 is 0 Å². The van der Waals surface area contributed by atoms with Gasteiger partial charge >= 0.3 is 6.09 Å². The molecule has 0 atom stereocenters. The zero-order valence-electron chi connectivity index (χ0n) is 14.8. The van der Waals surface area contributed by atoms with Crippen molar-refractivity contribution in [2.24, 2.45) is 0 Å². The average molecular weight is 403 g/mol. The third-order valence-corrected chi connectivity index (χ3v) is 5.42. The van der Waals surface area contributed by atoms with Crippen LogP contribution < -0.4 is 14.9 Å². The molecule has 0 aliphatic carbocycles. The molecule has 0 saturated carbocycles. The van der Waals surface area contributed by atoms with Crippen molar-refractivity contribution in [3.05, 3.63) is 59.7 Å². The van der Waals surface area contributed by atoms with Gasteiger partial charge in [-0.2, -0.15) is 0 Å². The Bertz CT molecular complexity index is 1050. The Morgan fingerprint density at radius 2 is 1.93 bits per heavy atom. The number of para-hydroxylation sites is 1. The molecule has 2 N–H and O–H groups in total. The molecule has 1 aliphatic rings. The van der Waals surface area contributed by atoms with Gasteiger partial charge in [-0.15, -0.1) is 0 Å². The summed E-state index contributed by atoms with van der Waals surface area (Å²) in [6.07, 6.45) is -1.20. The summed E-state index contributed by atoms with van der Waals surface area (Å²) >= 11 is 0. The van der Waals surface area contributed by atoms with Crippen molar-refractivity contribution in [2.75, 3.05) is 18.7 Å². The fourth-order valence-corrected chi connectivity index (χ4v) is 3.74. The van der Waals surface area contributed by atoms with E-state index < -0.39 is 16.1 Å². The van der Waals surface area contributed by atoms with Gasteiger partial charge in [0.25, 0.3) is 15.9 Å². The Labute approximate surface area is 161 Å². The Kier molecular flexibility index (Phi) is 5.32. The molecule has 9 nitrogen and oxygen atoms in total. The number of benzene rings is 2. The lowest BCUT2D eigenvalue weighted by molar-refractivity contribution is -0.118. The monoisotopic (exact) mass is 403 g/mol. The summed E-state index contributed by atoms with van der Waals surface area (Å²) in [5.74, 6) is -0.579. The van der Waals surface area contributed by atoms with Gasteiger partial charge in [-0.1, -0.05) is 24.3 Å². The van der Waals surface area contributed by atoms with Crippen LogP contribution in [0.2, 0.25) is 0 Å². The summed E-state index contributed by atoms with van der Waals surface area (Å²) in [6.45, 7) is 0.0244. The number of amides is 3. The number of ether oxygens (including phenoxy) is 1. The molecule has 0 spiro atoms. The minimum Gasteiger partial charge on any atom is -0.452 e. The second kappa shape index (κ2) is 7.69. The lowest BCUT2D eigenvalue weighted by atomic mass is 10.1. The number of hydrogen-bond acceptors (Lipinski definition) is 6. The van der Waals surface area contributed by atoms with Gasteiger partial charge in [0, 0.05) is 0 Å². The van der Waals surface area contributed by atoms with E-state index in [1.54, 1.807) is 35.1 Å². The standard InChI is InChI=1S/C18H17N3O6S/c1-27-18(24)20-28(25,26)13-6-4-5-12(9-13)10-16(22)21-11-19-17(23)14-7-2-3-8-15(14)21/h2-9H,10-11H2,1H3,(H,19,23)(H,20,24). The predicted molar refractivity (Wildman–Crippen MR) is 99.1 cm³/mol. The lowest BCUT2D eigenvalue weighted by Gasteiger charge is -2.29. The molecule has 1 heterocycles. The van der Waals surface area contributed by atoms with Crippen LogP contribution in [0.3, 0.4) is 0 Å². The first-order chi connectivity index (χ1) is 13.3. The zero-order valence-corrected chi connectivity index (χ0v) is 15.7. The van der Waals surface area contributed by atoms with Gasteiger partial charge in [0.1, 0.15) is 0 Å². The summed E-state index contributed by atoms with van der Waals surface area (Å²) in [5, 5.41) is 2.63. The maximum Gasteiger partial charge on any atom is 0.420 e. The maximum absolute atomic E-state index is 12.8. The highest BCUT2D eigenvalue weighted by molar-refractivity contribution is 7.90.